The monoisotopic (exact) mass is 261 g/mol. The smallest absolute Gasteiger partial charge is 0.264 e. The lowest BCUT2D eigenvalue weighted by Crippen LogP contribution is -2.29. The van der Waals surface area contributed by atoms with Crippen LogP contribution < -0.4 is 0 Å². The quantitative estimate of drug-likeness (QED) is 0.871. The van der Waals surface area contributed by atoms with Crippen molar-refractivity contribution in [1.29, 1.82) is 0 Å². The third kappa shape index (κ3) is 2.22. The van der Waals surface area contributed by atoms with Crippen LogP contribution in [0.25, 0.3) is 0 Å². The molecule has 0 bridgehead atoms. The molecule has 2 rings (SSSR count). The second-order valence-corrected chi connectivity index (χ2v) is 5.37. The Hall–Kier alpha value is -0.620. The predicted octanol–water partition coefficient (Wildman–Crippen LogP) is 1.23. The molecule has 0 spiro atoms. The lowest BCUT2D eigenvalue weighted by molar-refractivity contribution is 0.0215. The molecule has 2 atom stereocenters. The van der Waals surface area contributed by atoms with Gasteiger partial charge >= 0.3 is 0 Å². The Morgan fingerprint density at radius 1 is 1.62 bits per heavy atom. The van der Waals surface area contributed by atoms with Crippen LogP contribution in [-0.2, 0) is 4.74 Å². The first kappa shape index (κ1) is 11.9. The third-order valence-corrected chi connectivity index (χ3v) is 3.83. The van der Waals surface area contributed by atoms with Gasteiger partial charge < -0.3 is 14.7 Å². The molecule has 4 nitrogen and oxygen atoms in total. The molecule has 0 radical (unpaired) electrons. The van der Waals surface area contributed by atoms with Gasteiger partial charge in [-0.25, -0.2) is 0 Å². The van der Waals surface area contributed by atoms with Gasteiger partial charge in [-0.1, -0.05) is 11.6 Å². The number of thiophene rings is 1. The van der Waals surface area contributed by atoms with Gasteiger partial charge in [0.05, 0.1) is 15.3 Å². The first-order valence-electron chi connectivity index (χ1n) is 4.87. The van der Waals surface area contributed by atoms with Gasteiger partial charge in [0.2, 0.25) is 0 Å². The van der Waals surface area contributed by atoms with E-state index in [0.717, 1.165) is 0 Å². The van der Waals surface area contributed by atoms with Crippen LogP contribution >= 0.6 is 22.9 Å². The highest BCUT2D eigenvalue weighted by molar-refractivity contribution is 7.17. The molecule has 1 saturated heterocycles. The van der Waals surface area contributed by atoms with Crippen molar-refractivity contribution in [3.8, 4) is 0 Å². The number of hydrogen-bond donors (Lipinski definition) is 1. The lowest BCUT2D eigenvalue weighted by Gasteiger charge is -2.14. The maximum Gasteiger partial charge on any atom is 0.264 e. The van der Waals surface area contributed by atoms with Crippen LogP contribution in [0.1, 0.15) is 9.67 Å². The van der Waals surface area contributed by atoms with E-state index in [1.807, 2.05) is 0 Å². The Kier molecular flexibility index (Phi) is 3.49. The molecule has 16 heavy (non-hydrogen) atoms. The van der Waals surface area contributed by atoms with E-state index in [1.54, 1.807) is 17.0 Å². The highest BCUT2D eigenvalue weighted by Gasteiger charge is 2.34. The summed E-state index contributed by atoms with van der Waals surface area (Å²) >= 11 is 7.01. The number of rotatable bonds is 2. The van der Waals surface area contributed by atoms with E-state index in [1.165, 1.54) is 18.4 Å². The lowest BCUT2D eigenvalue weighted by atomic mass is 10.3. The minimum absolute atomic E-state index is 0.101. The van der Waals surface area contributed by atoms with Gasteiger partial charge in [0.1, 0.15) is 6.10 Å². The van der Waals surface area contributed by atoms with Crippen molar-refractivity contribution in [2.75, 3.05) is 20.2 Å². The second kappa shape index (κ2) is 4.71. The van der Waals surface area contributed by atoms with E-state index in [9.17, 15) is 9.90 Å². The Labute approximate surface area is 102 Å². The van der Waals surface area contributed by atoms with Gasteiger partial charge in [-0.05, 0) is 12.1 Å². The normalized spacial score (nSPS) is 25.1. The summed E-state index contributed by atoms with van der Waals surface area (Å²) in [4.78, 5) is 14.2. The Balaban J connectivity index is 2.07. The van der Waals surface area contributed by atoms with Crippen LogP contribution in [0.5, 0.6) is 0 Å². The first-order chi connectivity index (χ1) is 7.61. The summed E-state index contributed by atoms with van der Waals surface area (Å²) in [5.41, 5.74) is 0. The topological polar surface area (TPSA) is 49.8 Å². The van der Waals surface area contributed by atoms with Crippen LogP contribution in [-0.4, -0.2) is 48.3 Å². The molecule has 1 aliphatic rings. The molecule has 1 N–H and O–H groups in total. The number of aliphatic hydroxyl groups excluding tert-OH is 1. The van der Waals surface area contributed by atoms with Gasteiger partial charge in [-0.15, -0.1) is 11.3 Å². The highest BCUT2D eigenvalue weighted by atomic mass is 35.5. The first-order valence-corrected chi connectivity index (χ1v) is 6.06. The molecule has 0 saturated carbocycles. The van der Waals surface area contributed by atoms with Gasteiger partial charge in [0.15, 0.2) is 0 Å². The van der Waals surface area contributed by atoms with Crippen LogP contribution in [0.3, 0.4) is 0 Å². The molecule has 1 amide bonds. The molecule has 2 heterocycles. The minimum Gasteiger partial charge on any atom is -0.388 e. The maximum absolute atomic E-state index is 12.0. The predicted molar refractivity (Wildman–Crippen MR) is 62.0 cm³/mol. The van der Waals surface area contributed by atoms with Crippen molar-refractivity contribution in [2.45, 2.75) is 12.2 Å². The maximum atomic E-state index is 12.0. The number of halogens is 1. The van der Waals surface area contributed by atoms with Crippen LogP contribution in [0, 0.1) is 0 Å². The molecule has 1 aromatic rings. The van der Waals surface area contributed by atoms with E-state index < -0.39 is 6.10 Å². The standard InChI is InChI=1S/C10H12ClNO3S/c1-15-7-5-12(4-6(7)13)10(14)8-2-3-9(11)16-8/h2-3,6-7,13H,4-5H2,1H3/t6-,7-/m0/s1. The van der Waals surface area contributed by atoms with Crippen molar-refractivity contribution in [3.63, 3.8) is 0 Å². The van der Waals surface area contributed by atoms with Crippen molar-refractivity contribution >= 4 is 28.8 Å². The summed E-state index contributed by atoms with van der Waals surface area (Å²) < 4.78 is 5.67. The van der Waals surface area contributed by atoms with Crippen LogP contribution in [0.4, 0.5) is 0 Å². The number of carbonyl (C=O) groups is 1. The fraction of sp³-hybridized carbons (Fsp3) is 0.500. The molecule has 0 unspecified atom stereocenters. The van der Waals surface area contributed by atoms with Crippen molar-refractivity contribution in [2.24, 2.45) is 0 Å². The summed E-state index contributed by atoms with van der Waals surface area (Å²) in [7, 11) is 1.53. The summed E-state index contributed by atoms with van der Waals surface area (Å²) in [6.07, 6.45) is -0.899. The fourth-order valence-electron chi connectivity index (χ4n) is 1.74. The molecule has 88 valence electrons. The number of likely N-dealkylation sites (tertiary alicyclic amines) is 1. The molecule has 1 aromatic heterocycles. The second-order valence-electron chi connectivity index (χ2n) is 3.66. The minimum atomic E-state index is -0.607. The summed E-state index contributed by atoms with van der Waals surface area (Å²) in [6, 6.07) is 3.39. The summed E-state index contributed by atoms with van der Waals surface area (Å²) in [5, 5.41) is 9.62. The largest absolute Gasteiger partial charge is 0.388 e. The van der Waals surface area contributed by atoms with Gasteiger partial charge in [-0.3, -0.25) is 4.79 Å². The summed E-state index contributed by atoms with van der Waals surface area (Å²) in [6.45, 7) is 0.735. The number of hydrogen-bond acceptors (Lipinski definition) is 4. The molecule has 0 aliphatic carbocycles. The average Bonchev–Trinajstić information content (AvgIpc) is 2.83. The number of β-amino-alcohol motifs (C(OH)–C–C–N with tert-alkyl or cyclic N) is 1. The average molecular weight is 262 g/mol. The molecule has 6 heteroatoms. The molecular weight excluding hydrogens is 250 g/mol. The van der Waals surface area contributed by atoms with Gasteiger partial charge in [0, 0.05) is 20.2 Å². The Morgan fingerprint density at radius 2 is 2.38 bits per heavy atom. The zero-order valence-electron chi connectivity index (χ0n) is 8.72. The number of nitrogens with zero attached hydrogens (tertiary/aromatic N) is 1. The van der Waals surface area contributed by atoms with E-state index >= 15 is 0 Å². The van der Waals surface area contributed by atoms with Gasteiger partial charge in [0.25, 0.3) is 5.91 Å². The van der Waals surface area contributed by atoms with E-state index in [4.69, 9.17) is 16.3 Å². The zero-order valence-corrected chi connectivity index (χ0v) is 10.3. The number of amides is 1. The molecule has 1 fully saturated rings. The van der Waals surface area contributed by atoms with Gasteiger partial charge in [-0.2, -0.15) is 0 Å². The molecular formula is C10H12ClNO3S. The number of carbonyl (C=O) groups excluding carboxylic acids is 1. The molecule has 1 aliphatic heterocycles. The third-order valence-electron chi connectivity index (χ3n) is 2.61. The number of methoxy groups -OCH3 is 1. The fourth-order valence-corrected chi connectivity index (χ4v) is 2.75. The molecule has 0 aromatic carbocycles. The highest BCUT2D eigenvalue weighted by Crippen LogP contribution is 2.24. The van der Waals surface area contributed by atoms with E-state index in [-0.39, 0.29) is 12.0 Å². The van der Waals surface area contributed by atoms with Crippen LogP contribution in [0.15, 0.2) is 12.1 Å². The van der Waals surface area contributed by atoms with Crippen molar-refractivity contribution < 1.29 is 14.6 Å². The van der Waals surface area contributed by atoms with Crippen LogP contribution in [0.2, 0.25) is 4.34 Å². The van der Waals surface area contributed by atoms with E-state index in [0.29, 0.717) is 22.3 Å². The SMILES string of the molecule is CO[C@H]1CN(C(=O)c2ccc(Cl)s2)C[C@@H]1O. The Morgan fingerprint density at radius 3 is 2.88 bits per heavy atom. The zero-order chi connectivity index (χ0) is 11.7. The van der Waals surface area contributed by atoms with E-state index in [2.05, 4.69) is 0 Å². The Bertz CT molecular complexity index is 395. The number of aliphatic hydroxyl groups is 1. The van der Waals surface area contributed by atoms with Crippen molar-refractivity contribution in [3.05, 3.63) is 21.3 Å². The summed E-state index contributed by atoms with van der Waals surface area (Å²) in [5.74, 6) is -0.101. The number of ether oxygens (including phenoxy) is 1. The van der Waals surface area contributed by atoms with Crippen molar-refractivity contribution in [1.82, 2.24) is 4.90 Å².